The molecule has 4 nitrogen and oxygen atoms in total. The zero-order valence-electron chi connectivity index (χ0n) is 11.9. The molecule has 0 saturated heterocycles. The summed E-state index contributed by atoms with van der Waals surface area (Å²) in [6.07, 6.45) is 3.71. The minimum Gasteiger partial charge on any atom is -0.493 e. The van der Waals surface area contributed by atoms with Gasteiger partial charge in [0.2, 0.25) is 5.89 Å². The van der Waals surface area contributed by atoms with Crippen LogP contribution in [0.5, 0.6) is 11.5 Å². The van der Waals surface area contributed by atoms with Crippen molar-refractivity contribution < 1.29 is 13.9 Å². The van der Waals surface area contributed by atoms with Crippen LogP contribution in [0.25, 0.3) is 23.3 Å². The Morgan fingerprint density at radius 2 is 1.81 bits per heavy atom. The maximum atomic E-state index is 5.65. The van der Waals surface area contributed by atoms with E-state index in [1.165, 1.54) is 0 Å². The van der Waals surface area contributed by atoms with Crippen molar-refractivity contribution in [2.75, 3.05) is 14.2 Å². The number of fused-ring (bicyclic) bond motifs is 1. The molecule has 0 fully saturated rings. The number of hydrogen-bond acceptors (Lipinski definition) is 4. The van der Waals surface area contributed by atoms with E-state index in [9.17, 15) is 0 Å². The van der Waals surface area contributed by atoms with Gasteiger partial charge in [-0.3, -0.25) is 0 Å². The molecule has 2 aromatic carbocycles. The van der Waals surface area contributed by atoms with E-state index in [0.29, 0.717) is 17.4 Å². The van der Waals surface area contributed by atoms with Crippen LogP contribution in [0.2, 0.25) is 0 Å². The second-order valence-corrected chi connectivity index (χ2v) is 4.44. The SMILES string of the molecule is COc1cccc(/C=C\c2nc3ccccc3o2)c1OC. The molecule has 4 heteroatoms. The lowest BCUT2D eigenvalue weighted by Gasteiger charge is -2.09. The van der Waals surface area contributed by atoms with Gasteiger partial charge < -0.3 is 13.9 Å². The fraction of sp³-hybridized carbons (Fsp3) is 0.118. The van der Waals surface area contributed by atoms with Crippen LogP contribution in [0.1, 0.15) is 11.5 Å². The summed E-state index contributed by atoms with van der Waals surface area (Å²) in [6.45, 7) is 0. The zero-order valence-corrected chi connectivity index (χ0v) is 11.9. The number of nitrogens with zero attached hydrogens (tertiary/aromatic N) is 1. The molecule has 106 valence electrons. The fourth-order valence-electron chi connectivity index (χ4n) is 2.17. The van der Waals surface area contributed by atoms with Gasteiger partial charge in [-0.05, 0) is 24.3 Å². The van der Waals surface area contributed by atoms with Crippen LogP contribution in [0.4, 0.5) is 0 Å². The molecule has 0 N–H and O–H groups in total. The number of benzene rings is 2. The van der Waals surface area contributed by atoms with Crippen LogP contribution in [-0.2, 0) is 0 Å². The number of ether oxygens (including phenoxy) is 2. The van der Waals surface area contributed by atoms with Gasteiger partial charge in [0.25, 0.3) is 0 Å². The van der Waals surface area contributed by atoms with Gasteiger partial charge in [0.1, 0.15) is 5.52 Å². The molecule has 1 aromatic heterocycles. The summed E-state index contributed by atoms with van der Waals surface area (Å²) >= 11 is 0. The third kappa shape index (κ3) is 2.60. The molecule has 0 bridgehead atoms. The molecule has 0 aliphatic heterocycles. The van der Waals surface area contributed by atoms with Gasteiger partial charge in [-0.25, -0.2) is 4.98 Å². The van der Waals surface area contributed by atoms with E-state index in [1.807, 2.05) is 54.6 Å². The Balaban J connectivity index is 1.95. The van der Waals surface area contributed by atoms with Crippen molar-refractivity contribution >= 4 is 23.3 Å². The van der Waals surface area contributed by atoms with Gasteiger partial charge in [0, 0.05) is 11.6 Å². The summed E-state index contributed by atoms with van der Waals surface area (Å²) in [4.78, 5) is 4.40. The predicted molar refractivity (Wildman–Crippen MR) is 82.5 cm³/mol. The summed E-state index contributed by atoms with van der Waals surface area (Å²) in [5.41, 5.74) is 2.52. The molecule has 3 aromatic rings. The van der Waals surface area contributed by atoms with E-state index in [0.717, 1.165) is 16.7 Å². The minimum atomic E-state index is 0.557. The summed E-state index contributed by atoms with van der Waals surface area (Å²) in [6, 6.07) is 13.4. The van der Waals surface area contributed by atoms with Gasteiger partial charge in [-0.2, -0.15) is 0 Å². The highest BCUT2D eigenvalue weighted by molar-refractivity contribution is 5.77. The van der Waals surface area contributed by atoms with Crippen molar-refractivity contribution in [3.8, 4) is 11.5 Å². The van der Waals surface area contributed by atoms with E-state index in [2.05, 4.69) is 4.98 Å². The number of aromatic nitrogens is 1. The topological polar surface area (TPSA) is 44.5 Å². The molecular weight excluding hydrogens is 266 g/mol. The van der Waals surface area contributed by atoms with Crippen molar-refractivity contribution in [1.29, 1.82) is 0 Å². The van der Waals surface area contributed by atoms with Crippen LogP contribution in [0, 0.1) is 0 Å². The number of rotatable bonds is 4. The van der Waals surface area contributed by atoms with Crippen molar-refractivity contribution in [2.45, 2.75) is 0 Å². The Kier molecular flexibility index (Phi) is 3.60. The number of hydrogen-bond donors (Lipinski definition) is 0. The molecule has 0 saturated carbocycles. The lowest BCUT2D eigenvalue weighted by Crippen LogP contribution is -1.92. The Morgan fingerprint density at radius 3 is 2.57 bits per heavy atom. The molecule has 0 spiro atoms. The van der Waals surface area contributed by atoms with Crippen molar-refractivity contribution in [1.82, 2.24) is 4.98 Å². The smallest absolute Gasteiger partial charge is 0.220 e. The molecule has 21 heavy (non-hydrogen) atoms. The normalized spacial score (nSPS) is 11.1. The van der Waals surface area contributed by atoms with Gasteiger partial charge in [-0.15, -0.1) is 0 Å². The highest BCUT2D eigenvalue weighted by Gasteiger charge is 2.07. The summed E-state index contributed by atoms with van der Waals surface area (Å²) < 4.78 is 16.3. The maximum absolute atomic E-state index is 5.65. The summed E-state index contributed by atoms with van der Waals surface area (Å²) in [5, 5.41) is 0. The first-order valence-electron chi connectivity index (χ1n) is 6.56. The molecule has 1 heterocycles. The Bertz CT molecular complexity index is 757. The monoisotopic (exact) mass is 281 g/mol. The lowest BCUT2D eigenvalue weighted by molar-refractivity contribution is 0.354. The first-order chi connectivity index (χ1) is 10.3. The molecule has 0 aliphatic rings. The van der Waals surface area contributed by atoms with E-state index < -0.39 is 0 Å². The van der Waals surface area contributed by atoms with Crippen molar-refractivity contribution in [3.05, 3.63) is 53.9 Å². The third-order valence-corrected chi connectivity index (χ3v) is 3.15. The van der Waals surface area contributed by atoms with E-state index in [1.54, 1.807) is 14.2 Å². The highest BCUT2D eigenvalue weighted by atomic mass is 16.5. The standard InChI is InChI=1S/C17H15NO3/c1-19-15-9-5-6-12(17(15)20-2)10-11-16-18-13-7-3-4-8-14(13)21-16/h3-11H,1-2H3/b11-10-. The van der Waals surface area contributed by atoms with E-state index >= 15 is 0 Å². The van der Waals surface area contributed by atoms with Gasteiger partial charge in [-0.1, -0.05) is 24.3 Å². The van der Waals surface area contributed by atoms with Gasteiger partial charge in [0.05, 0.1) is 14.2 Å². The van der Waals surface area contributed by atoms with Crippen LogP contribution in [0.3, 0.4) is 0 Å². The van der Waals surface area contributed by atoms with E-state index in [4.69, 9.17) is 13.9 Å². The maximum Gasteiger partial charge on any atom is 0.220 e. The largest absolute Gasteiger partial charge is 0.493 e. The molecule has 3 rings (SSSR count). The number of para-hydroxylation sites is 3. The average Bonchev–Trinajstić information content (AvgIpc) is 2.95. The van der Waals surface area contributed by atoms with Gasteiger partial charge >= 0.3 is 0 Å². The quantitative estimate of drug-likeness (QED) is 0.724. The second-order valence-electron chi connectivity index (χ2n) is 4.44. The summed E-state index contributed by atoms with van der Waals surface area (Å²) in [7, 11) is 3.24. The summed E-state index contributed by atoms with van der Waals surface area (Å²) in [5.74, 6) is 1.94. The lowest BCUT2D eigenvalue weighted by atomic mass is 10.1. The predicted octanol–water partition coefficient (Wildman–Crippen LogP) is 4.02. The third-order valence-electron chi connectivity index (χ3n) is 3.15. The zero-order chi connectivity index (χ0) is 14.7. The highest BCUT2D eigenvalue weighted by Crippen LogP contribution is 2.32. The van der Waals surface area contributed by atoms with E-state index in [-0.39, 0.29) is 0 Å². The van der Waals surface area contributed by atoms with Crippen LogP contribution >= 0.6 is 0 Å². The Morgan fingerprint density at radius 1 is 0.952 bits per heavy atom. The molecule has 0 atom stereocenters. The van der Waals surface area contributed by atoms with Gasteiger partial charge in [0.15, 0.2) is 17.1 Å². The Hall–Kier alpha value is -2.75. The molecule has 0 unspecified atom stereocenters. The van der Waals surface area contributed by atoms with Crippen molar-refractivity contribution in [2.24, 2.45) is 0 Å². The minimum absolute atomic E-state index is 0.557. The average molecular weight is 281 g/mol. The van der Waals surface area contributed by atoms with Crippen LogP contribution < -0.4 is 9.47 Å². The molecular formula is C17H15NO3. The Labute approximate surface area is 122 Å². The van der Waals surface area contributed by atoms with Crippen molar-refractivity contribution in [3.63, 3.8) is 0 Å². The molecule has 0 aliphatic carbocycles. The first kappa shape index (κ1) is 13.2. The number of oxazole rings is 1. The second kappa shape index (κ2) is 5.71. The first-order valence-corrected chi connectivity index (χ1v) is 6.56. The van der Waals surface area contributed by atoms with Crippen LogP contribution in [0.15, 0.2) is 46.9 Å². The molecule has 0 amide bonds. The van der Waals surface area contributed by atoms with Crippen LogP contribution in [-0.4, -0.2) is 19.2 Å². The number of methoxy groups -OCH3 is 2. The fourth-order valence-corrected chi connectivity index (χ4v) is 2.17. The molecule has 0 radical (unpaired) electrons.